The number of benzene rings is 1. The smallest absolute Gasteiger partial charge is 0.139 e. The summed E-state index contributed by atoms with van der Waals surface area (Å²) in [5.41, 5.74) is 9.87. The molecule has 0 aliphatic heterocycles. The zero-order valence-corrected chi connectivity index (χ0v) is 13.1. The average Bonchev–Trinajstić information content (AvgIpc) is 2.83. The molecular weight excluding hydrogens is 272 g/mol. The van der Waals surface area contributed by atoms with Crippen LogP contribution < -0.4 is 5.73 Å². The van der Waals surface area contributed by atoms with Crippen molar-refractivity contribution in [2.45, 2.75) is 56.9 Å². The molecule has 3 heteroatoms. The molecule has 4 atom stereocenters. The fraction of sp³-hybridized carbons (Fsp3) is 0.579. The van der Waals surface area contributed by atoms with Crippen LogP contribution in [0.3, 0.4) is 0 Å². The summed E-state index contributed by atoms with van der Waals surface area (Å²) in [4.78, 5) is 12.4. The first-order valence-corrected chi connectivity index (χ1v) is 8.34. The average molecular weight is 294 g/mol. The van der Waals surface area contributed by atoms with Crippen LogP contribution in [0, 0.1) is 22.7 Å². The lowest BCUT2D eigenvalue weighted by Crippen LogP contribution is -2.61. The Balaban J connectivity index is 1.79. The molecule has 2 fully saturated rings. The predicted molar refractivity (Wildman–Crippen MR) is 84.2 cm³/mol. The van der Waals surface area contributed by atoms with Crippen molar-refractivity contribution in [3.05, 3.63) is 34.9 Å². The third kappa shape index (κ3) is 1.62. The van der Waals surface area contributed by atoms with Gasteiger partial charge in [0.1, 0.15) is 5.78 Å². The van der Waals surface area contributed by atoms with Crippen molar-refractivity contribution in [3.63, 3.8) is 0 Å². The molecule has 0 radical (unpaired) electrons. The Morgan fingerprint density at radius 2 is 2.09 bits per heavy atom. The Labute approximate surface area is 131 Å². The lowest BCUT2D eigenvalue weighted by Gasteiger charge is -2.55. The molecule has 3 aliphatic rings. The molecular formula is C19H22N2O. The topological polar surface area (TPSA) is 66.9 Å². The highest BCUT2D eigenvalue weighted by Crippen LogP contribution is 2.60. The van der Waals surface area contributed by atoms with E-state index in [-0.39, 0.29) is 11.0 Å². The van der Waals surface area contributed by atoms with Gasteiger partial charge in [0.15, 0.2) is 0 Å². The van der Waals surface area contributed by atoms with Gasteiger partial charge in [0.2, 0.25) is 0 Å². The number of ketones is 1. The summed E-state index contributed by atoms with van der Waals surface area (Å²) in [6, 6.07) is 8.29. The number of hydrogen-bond acceptors (Lipinski definition) is 3. The minimum atomic E-state index is -0.250. The lowest BCUT2D eigenvalue weighted by atomic mass is 9.52. The van der Waals surface area contributed by atoms with Gasteiger partial charge in [0, 0.05) is 23.3 Å². The number of hydrogen-bond donors (Lipinski definition) is 1. The maximum Gasteiger partial charge on any atom is 0.139 e. The second-order valence-electron chi connectivity index (χ2n) is 7.66. The van der Waals surface area contributed by atoms with Crippen molar-refractivity contribution in [2.24, 2.45) is 17.1 Å². The van der Waals surface area contributed by atoms with E-state index < -0.39 is 0 Å². The summed E-state index contributed by atoms with van der Waals surface area (Å²) >= 11 is 0. The van der Waals surface area contributed by atoms with Gasteiger partial charge in [0.25, 0.3) is 0 Å². The Morgan fingerprint density at radius 1 is 1.27 bits per heavy atom. The number of fused-ring (bicyclic) bond motifs is 5. The first-order chi connectivity index (χ1) is 10.5. The monoisotopic (exact) mass is 294 g/mol. The van der Waals surface area contributed by atoms with Crippen molar-refractivity contribution < 1.29 is 4.79 Å². The zero-order valence-electron chi connectivity index (χ0n) is 13.1. The van der Waals surface area contributed by atoms with Crippen LogP contribution in [-0.2, 0) is 11.2 Å². The molecule has 22 heavy (non-hydrogen) atoms. The van der Waals surface area contributed by atoms with E-state index in [9.17, 15) is 4.79 Å². The maximum atomic E-state index is 12.4. The van der Waals surface area contributed by atoms with Gasteiger partial charge in [-0.2, -0.15) is 5.26 Å². The number of Topliss-reactive ketones (excluding diaryl/α,β-unsaturated/α-hetero) is 1. The SMILES string of the molecule is C[C@]12CCC3c4ccc(C#N)cc4CC[C@@]3(N)C1CCC2=O. The van der Waals surface area contributed by atoms with Gasteiger partial charge in [-0.05, 0) is 61.3 Å². The third-order valence-electron chi connectivity index (χ3n) is 6.79. The van der Waals surface area contributed by atoms with Gasteiger partial charge >= 0.3 is 0 Å². The maximum absolute atomic E-state index is 12.4. The largest absolute Gasteiger partial charge is 0.324 e. The number of rotatable bonds is 0. The second-order valence-corrected chi connectivity index (χ2v) is 7.66. The van der Waals surface area contributed by atoms with Crippen molar-refractivity contribution in [3.8, 4) is 6.07 Å². The molecule has 3 nitrogen and oxygen atoms in total. The Kier molecular flexibility index (Phi) is 2.81. The first kappa shape index (κ1) is 14.0. The number of aryl methyl sites for hydroxylation is 1. The zero-order chi connectivity index (χ0) is 15.5. The molecule has 0 amide bonds. The molecule has 0 saturated heterocycles. The van der Waals surface area contributed by atoms with Crippen molar-refractivity contribution >= 4 is 5.78 Å². The van der Waals surface area contributed by atoms with Gasteiger partial charge in [-0.3, -0.25) is 4.79 Å². The summed E-state index contributed by atoms with van der Waals surface area (Å²) in [5, 5.41) is 9.10. The van der Waals surface area contributed by atoms with Gasteiger partial charge < -0.3 is 5.73 Å². The fourth-order valence-corrected chi connectivity index (χ4v) is 5.58. The van der Waals surface area contributed by atoms with E-state index in [1.54, 1.807) is 0 Å². The Hall–Kier alpha value is -1.66. The fourth-order valence-electron chi connectivity index (χ4n) is 5.58. The highest BCUT2D eigenvalue weighted by Gasteiger charge is 2.60. The van der Waals surface area contributed by atoms with Crippen LogP contribution in [0.25, 0.3) is 0 Å². The van der Waals surface area contributed by atoms with Crippen molar-refractivity contribution in [1.29, 1.82) is 5.26 Å². The van der Waals surface area contributed by atoms with E-state index in [1.807, 2.05) is 12.1 Å². The minimum Gasteiger partial charge on any atom is -0.324 e. The van der Waals surface area contributed by atoms with Gasteiger partial charge in [-0.15, -0.1) is 0 Å². The molecule has 0 heterocycles. The molecule has 1 aromatic carbocycles. The summed E-state index contributed by atoms with van der Waals surface area (Å²) in [6.07, 6.45) is 5.47. The quantitative estimate of drug-likeness (QED) is 0.799. The molecule has 2 saturated carbocycles. The van der Waals surface area contributed by atoms with E-state index >= 15 is 0 Å². The summed E-state index contributed by atoms with van der Waals surface area (Å²) in [5.74, 6) is 1.08. The highest BCUT2D eigenvalue weighted by atomic mass is 16.1. The van der Waals surface area contributed by atoms with Gasteiger partial charge in [-0.25, -0.2) is 0 Å². The van der Waals surface area contributed by atoms with Gasteiger partial charge in [0.05, 0.1) is 11.6 Å². The van der Waals surface area contributed by atoms with Crippen molar-refractivity contribution in [2.75, 3.05) is 0 Å². The molecule has 4 rings (SSSR count). The number of nitrogens with two attached hydrogens (primary N) is 1. The van der Waals surface area contributed by atoms with E-state index in [0.29, 0.717) is 24.0 Å². The normalized spacial score (nSPS) is 39.6. The van der Waals surface area contributed by atoms with Crippen molar-refractivity contribution in [1.82, 2.24) is 0 Å². The van der Waals surface area contributed by atoms with Crippen LogP contribution in [0.1, 0.15) is 61.6 Å². The molecule has 114 valence electrons. The van der Waals surface area contributed by atoms with E-state index in [2.05, 4.69) is 19.1 Å². The van der Waals surface area contributed by atoms with E-state index in [0.717, 1.165) is 37.7 Å². The molecule has 2 unspecified atom stereocenters. The van der Waals surface area contributed by atoms with Crippen LogP contribution in [0.2, 0.25) is 0 Å². The van der Waals surface area contributed by atoms with E-state index in [1.165, 1.54) is 11.1 Å². The van der Waals surface area contributed by atoms with Crippen LogP contribution >= 0.6 is 0 Å². The lowest BCUT2D eigenvalue weighted by molar-refractivity contribution is -0.130. The molecule has 3 aliphatic carbocycles. The number of nitriles is 1. The highest BCUT2D eigenvalue weighted by molar-refractivity contribution is 5.87. The number of nitrogens with zero attached hydrogens (tertiary/aromatic N) is 1. The Bertz CT molecular complexity index is 704. The summed E-state index contributed by atoms with van der Waals surface area (Å²) in [6.45, 7) is 2.14. The number of carbonyl (C=O) groups is 1. The van der Waals surface area contributed by atoms with Crippen LogP contribution in [0.4, 0.5) is 0 Å². The van der Waals surface area contributed by atoms with Gasteiger partial charge in [-0.1, -0.05) is 13.0 Å². The van der Waals surface area contributed by atoms with Crippen LogP contribution in [0.5, 0.6) is 0 Å². The van der Waals surface area contributed by atoms with E-state index in [4.69, 9.17) is 11.0 Å². The molecule has 0 aromatic heterocycles. The molecule has 0 spiro atoms. The third-order valence-corrected chi connectivity index (χ3v) is 6.79. The standard InChI is InChI=1S/C19H22N2O/c1-18-8-7-15-14-3-2-12(11-20)10-13(14)6-9-19(15,21)16(18)4-5-17(18)22/h2-3,10,15-16H,4-9,21H2,1H3/t15?,16?,18-,19-/m0/s1. The number of carbonyl (C=O) groups excluding carboxylic acids is 1. The first-order valence-electron chi connectivity index (χ1n) is 8.34. The van der Waals surface area contributed by atoms with Crippen LogP contribution in [-0.4, -0.2) is 11.3 Å². The molecule has 0 bridgehead atoms. The Morgan fingerprint density at radius 3 is 2.86 bits per heavy atom. The molecule has 2 N–H and O–H groups in total. The predicted octanol–water partition coefficient (Wildman–Crippen LogP) is 3.06. The summed E-state index contributed by atoms with van der Waals surface area (Å²) in [7, 11) is 0. The minimum absolute atomic E-state index is 0.199. The summed E-state index contributed by atoms with van der Waals surface area (Å²) < 4.78 is 0. The second kappa shape index (κ2) is 4.43. The van der Waals surface area contributed by atoms with Crippen LogP contribution in [0.15, 0.2) is 18.2 Å². The molecule has 1 aromatic rings.